The smallest absolute Gasteiger partial charge is 0.237 e. The molecule has 0 radical (unpaired) electrons. The lowest BCUT2D eigenvalue weighted by Gasteiger charge is -2.27. The summed E-state index contributed by atoms with van der Waals surface area (Å²) >= 11 is 0. The summed E-state index contributed by atoms with van der Waals surface area (Å²) in [5.74, 6) is -0.00818. The first-order valence-electron chi connectivity index (χ1n) is 11.3. The van der Waals surface area contributed by atoms with Gasteiger partial charge in [0.25, 0.3) is 0 Å². The molecule has 7 heteroatoms. The fourth-order valence-electron chi connectivity index (χ4n) is 3.57. The predicted molar refractivity (Wildman–Crippen MR) is 124 cm³/mol. The van der Waals surface area contributed by atoms with E-state index in [1.807, 2.05) is 25.1 Å². The summed E-state index contributed by atoms with van der Waals surface area (Å²) in [5, 5.41) is 13.1. The molecule has 2 aromatic rings. The van der Waals surface area contributed by atoms with Gasteiger partial charge in [-0.2, -0.15) is 0 Å². The van der Waals surface area contributed by atoms with Crippen molar-refractivity contribution in [3.8, 4) is 0 Å². The maximum Gasteiger partial charge on any atom is 0.237 e. The molecule has 3 rings (SSSR count). The lowest BCUT2D eigenvalue weighted by atomic mass is 10.1. The fraction of sp³-hybridized carbons (Fsp3) is 0.500. The summed E-state index contributed by atoms with van der Waals surface area (Å²) in [7, 11) is 0. The van der Waals surface area contributed by atoms with Crippen molar-refractivity contribution in [3.63, 3.8) is 0 Å². The van der Waals surface area contributed by atoms with Crippen LogP contribution in [-0.4, -0.2) is 61.1 Å². The Morgan fingerprint density at radius 1 is 1.06 bits per heavy atom. The van der Waals surface area contributed by atoms with Crippen molar-refractivity contribution < 1.29 is 4.79 Å². The van der Waals surface area contributed by atoms with Gasteiger partial charge in [-0.1, -0.05) is 30.3 Å². The van der Waals surface area contributed by atoms with Crippen molar-refractivity contribution >= 4 is 5.91 Å². The van der Waals surface area contributed by atoms with E-state index >= 15 is 0 Å². The van der Waals surface area contributed by atoms with Crippen LogP contribution in [-0.2, 0) is 24.4 Å². The Morgan fingerprint density at radius 2 is 1.81 bits per heavy atom. The SMILES string of the molecule is C[C@H](NCc1ccccn1)C(=O)NCc1ccc(CNCCCN2CCNCC2)cc1. The highest BCUT2D eigenvalue weighted by molar-refractivity contribution is 5.81. The van der Waals surface area contributed by atoms with Crippen molar-refractivity contribution in [3.05, 3.63) is 65.5 Å². The fourth-order valence-corrected chi connectivity index (χ4v) is 3.57. The average molecular weight is 425 g/mol. The third-order valence-corrected chi connectivity index (χ3v) is 5.57. The van der Waals surface area contributed by atoms with E-state index in [1.54, 1.807) is 6.20 Å². The third kappa shape index (κ3) is 8.75. The molecule has 2 heterocycles. The number of pyridine rings is 1. The molecule has 1 saturated heterocycles. The summed E-state index contributed by atoms with van der Waals surface area (Å²) in [4.78, 5) is 19.1. The van der Waals surface area contributed by atoms with Gasteiger partial charge in [-0.25, -0.2) is 0 Å². The number of nitrogens with zero attached hydrogens (tertiary/aromatic N) is 2. The minimum atomic E-state index is -0.272. The number of benzene rings is 1. The highest BCUT2D eigenvalue weighted by Crippen LogP contribution is 2.05. The molecule has 1 aromatic carbocycles. The molecule has 1 fully saturated rings. The number of carbonyl (C=O) groups excluding carboxylic acids is 1. The second kappa shape index (κ2) is 13.2. The molecule has 0 spiro atoms. The van der Waals surface area contributed by atoms with Gasteiger partial charge in [-0.05, 0) is 49.7 Å². The Balaban J connectivity index is 1.28. The predicted octanol–water partition coefficient (Wildman–Crippen LogP) is 1.26. The number of nitrogens with one attached hydrogen (secondary N) is 4. The van der Waals surface area contributed by atoms with Crippen LogP contribution in [0, 0.1) is 0 Å². The number of piperazine rings is 1. The maximum absolute atomic E-state index is 12.3. The van der Waals surface area contributed by atoms with E-state index in [0.29, 0.717) is 13.1 Å². The Labute approximate surface area is 186 Å². The molecule has 1 aliphatic rings. The van der Waals surface area contributed by atoms with Crippen LogP contribution in [0.5, 0.6) is 0 Å². The largest absolute Gasteiger partial charge is 0.351 e. The minimum Gasteiger partial charge on any atom is -0.351 e. The van der Waals surface area contributed by atoms with E-state index in [-0.39, 0.29) is 11.9 Å². The second-order valence-electron chi connectivity index (χ2n) is 8.08. The third-order valence-electron chi connectivity index (χ3n) is 5.57. The van der Waals surface area contributed by atoms with Crippen LogP contribution >= 0.6 is 0 Å². The van der Waals surface area contributed by atoms with Crippen molar-refractivity contribution in [2.45, 2.75) is 39.0 Å². The molecule has 1 aliphatic heterocycles. The summed E-state index contributed by atoms with van der Waals surface area (Å²) in [5.41, 5.74) is 3.30. The first kappa shape index (κ1) is 23.3. The summed E-state index contributed by atoms with van der Waals surface area (Å²) in [6.07, 6.45) is 2.94. The maximum atomic E-state index is 12.3. The number of aromatic nitrogens is 1. The van der Waals surface area contributed by atoms with Crippen molar-refractivity contribution in [1.29, 1.82) is 0 Å². The molecule has 0 bridgehead atoms. The van der Waals surface area contributed by atoms with E-state index in [4.69, 9.17) is 0 Å². The molecule has 0 aliphatic carbocycles. The number of carbonyl (C=O) groups is 1. The Hall–Kier alpha value is -2.32. The number of rotatable bonds is 12. The quantitative estimate of drug-likeness (QED) is 0.384. The molecule has 168 valence electrons. The number of hydrogen-bond acceptors (Lipinski definition) is 6. The van der Waals surface area contributed by atoms with Crippen molar-refractivity contribution in [2.75, 3.05) is 39.3 Å². The van der Waals surface area contributed by atoms with Crippen LogP contribution in [0.4, 0.5) is 0 Å². The topological polar surface area (TPSA) is 81.3 Å². The zero-order chi connectivity index (χ0) is 21.7. The first-order chi connectivity index (χ1) is 15.2. The zero-order valence-electron chi connectivity index (χ0n) is 18.6. The number of hydrogen-bond donors (Lipinski definition) is 4. The molecule has 7 nitrogen and oxygen atoms in total. The Kier molecular flexibility index (Phi) is 9.92. The van der Waals surface area contributed by atoms with Crippen LogP contribution in [0.2, 0.25) is 0 Å². The first-order valence-corrected chi connectivity index (χ1v) is 11.3. The molecule has 0 unspecified atom stereocenters. The van der Waals surface area contributed by atoms with Gasteiger partial charge in [-0.15, -0.1) is 0 Å². The summed E-state index contributed by atoms with van der Waals surface area (Å²) in [6, 6.07) is 13.9. The zero-order valence-corrected chi connectivity index (χ0v) is 18.6. The van der Waals surface area contributed by atoms with Crippen LogP contribution in [0.15, 0.2) is 48.7 Å². The number of amides is 1. The van der Waals surface area contributed by atoms with Gasteiger partial charge in [0.2, 0.25) is 5.91 Å². The molecular formula is C24H36N6O. The van der Waals surface area contributed by atoms with Gasteiger partial charge in [0.1, 0.15) is 0 Å². The Morgan fingerprint density at radius 3 is 2.52 bits per heavy atom. The standard InChI is InChI=1S/C24H36N6O/c1-20(28-19-23-5-2-3-11-27-23)24(31)29-18-22-8-6-21(7-9-22)17-26-10-4-14-30-15-12-25-13-16-30/h2-3,5-9,11,20,25-26,28H,4,10,12-19H2,1H3,(H,29,31)/t20-/m0/s1. The van der Waals surface area contributed by atoms with Gasteiger partial charge >= 0.3 is 0 Å². The second-order valence-corrected chi connectivity index (χ2v) is 8.08. The van der Waals surface area contributed by atoms with E-state index in [2.05, 4.69) is 55.4 Å². The molecule has 31 heavy (non-hydrogen) atoms. The van der Waals surface area contributed by atoms with E-state index in [1.165, 1.54) is 18.5 Å². The van der Waals surface area contributed by atoms with Crippen molar-refractivity contribution in [1.82, 2.24) is 31.2 Å². The van der Waals surface area contributed by atoms with Crippen LogP contribution < -0.4 is 21.3 Å². The minimum absolute atomic E-state index is 0.00818. The average Bonchev–Trinajstić information content (AvgIpc) is 2.83. The van der Waals surface area contributed by atoms with E-state index in [0.717, 1.165) is 50.5 Å². The Bertz CT molecular complexity index is 761. The molecule has 0 saturated carbocycles. The van der Waals surface area contributed by atoms with Crippen LogP contribution in [0.3, 0.4) is 0 Å². The molecule has 1 atom stereocenters. The summed E-state index contributed by atoms with van der Waals surface area (Å²) < 4.78 is 0. The van der Waals surface area contributed by atoms with Gasteiger partial charge in [0.15, 0.2) is 0 Å². The van der Waals surface area contributed by atoms with E-state index in [9.17, 15) is 4.79 Å². The van der Waals surface area contributed by atoms with Crippen LogP contribution in [0.1, 0.15) is 30.2 Å². The lowest BCUT2D eigenvalue weighted by molar-refractivity contribution is -0.122. The monoisotopic (exact) mass is 424 g/mol. The normalized spacial score (nSPS) is 15.5. The highest BCUT2D eigenvalue weighted by atomic mass is 16.2. The molecule has 4 N–H and O–H groups in total. The molecule has 1 amide bonds. The van der Waals surface area contributed by atoms with E-state index < -0.39 is 0 Å². The van der Waals surface area contributed by atoms with Crippen molar-refractivity contribution in [2.24, 2.45) is 0 Å². The van der Waals surface area contributed by atoms with Gasteiger partial charge in [0, 0.05) is 52.0 Å². The molecule has 1 aromatic heterocycles. The van der Waals surface area contributed by atoms with Crippen LogP contribution in [0.25, 0.3) is 0 Å². The van der Waals surface area contributed by atoms with Gasteiger partial charge in [0.05, 0.1) is 11.7 Å². The molecular weight excluding hydrogens is 388 g/mol. The summed E-state index contributed by atoms with van der Waals surface area (Å²) in [6.45, 7) is 10.6. The highest BCUT2D eigenvalue weighted by Gasteiger charge is 2.12. The van der Waals surface area contributed by atoms with Gasteiger partial charge < -0.3 is 26.2 Å². The lowest BCUT2D eigenvalue weighted by Crippen LogP contribution is -2.44. The van der Waals surface area contributed by atoms with Gasteiger partial charge in [-0.3, -0.25) is 9.78 Å².